The summed E-state index contributed by atoms with van der Waals surface area (Å²) in [5.41, 5.74) is 10.9. The molecule has 0 radical (unpaired) electrons. The summed E-state index contributed by atoms with van der Waals surface area (Å²) in [5, 5.41) is 10.8. The zero-order valence-corrected chi connectivity index (χ0v) is 16.5. The largest absolute Gasteiger partial charge is 0.369 e. The van der Waals surface area contributed by atoms with E-state index in [1.807, 2.05) is 0 Å². The van der Waals surface area contributed by atoms with Crippen LogP contribution in [0.4, 0.5) is 11.4 Å². The van der Waals surface area contributed by atoms with E-state index >= 15 is 0 Å². The molecule has 30 heavy (non-hydrogen) atoms. The molecule has 5 aromatic carbocycles. The minimum atomic E-state index is 0.412. The van der Waals surface area contributed by atoms with Crippen LogP contribution >= 0.6 is 0 Å². The molecule has 0 bridgehead atoms. The lowest BCUT2D eigenvalue weighted by molar-refractivity contribution is 1.02. The van der Waals surface area contributed by atoms with Crippen LogP contribution in [0.25, 0.3) is 32.3 Å². The maximum absolute atomic E-state index is 6.30. The summed E-state index contributed by atoms with van der Waals surface area (Å²) >= 11 is 0. The highest BCUT2D eigenvalue weighted by molar-refractivity contribution is 6.02. The van der Waals surface area contributed by atoms with Gasteiger partial charge in [0.05, 0.1) is 5.69 Å². The lowest BCUT2D eigenvalue weighted by Gasteiger charge is -2.10. The fourth-order valence-corrected chi connectivity index (χ4v) is 4.67. The first-order valence-electron chi connectivity index (χ1n) is 10.3. The molecule has 0 amide bonds. The van der Waals surface area contributed by atoms with Crippen molar-refractivity contribution in [2.24, 2.45) is 10.7 Å². The third kappa shape index (κ3) is 2.79. The van der Waals surface area contributed by atoms with Crippen LogP contribution in [0.5, 0.6) is 0 Å². The number of anilines is 1. The van der Waals surface area contributed by atoms with E-state index in [9.17, 15) is 0 Å². The minimum absolute atomic E-state index is 0.412. The van der Waals surface area contributed by atoms with Crippen LogP contribution in [-0.2, 0) is 12.8 Å². The molecule has 0 saturated carbocycles. The predicted molar refractivity (Wildman–Crippen MR) is 128 cm³/mol. The summed E-state index contributed by atoms with van der Waals surface area (Å²) in [6.07, 6.45) is 2.09. The molecule has 6 rings (SSSR count). The zero-order chi connectivity index (χ0) is 20.1. The Morgan fingerprint density at radius 2 is 1.43 bits per heavy atom. The standard InChI is InChI=1S/C27H21N3/c28-27(30-25-13-10-18-7-3-6-17-9-12-24(25)26(17)18)29-23-11-8-21-14-19-4-1-2-5-20(19)15-22(21)16-23/h1-8,10-11,13-16H,9,12H2,(H3,28,29,30). The first-order valence-corrected chi connectivity index (χ1v) is 10.3. The molecule has 0 aliphatic heterocycles. The van der Waals surface area contributed by atoms with Crippen LogP contribution in [0.2, 0.25) is 0 Å². The summed E-state index contributed by atoms with van der Waals surface area (Å²) < 4.78 is 0. The molecule has 0 atom stereocenters. The van der Waals surface area contributed by atoms with Gasteiger partial charge < -0.3 is 11.1 Å². The lowest BCUT2D eigenvalue weighted by Crippen LogP contribution is -2.22. The summed E-state index contributed by atoms with van der Waals surface area (Å²) in [6.45, 7) is 0. The molecule has 3 heteroatoms. The Bertz CT molecular complexity index is 1480. The third-order valence-electron chi connectivity index (χ3n) is 6.08. The van der Waals surface area contributed by atoms with Crippen molar-refractivity contribution < 1.29 is 0 Å². The van der Waals surface area contributed by atoms with Crippen LogP contribution < -0.4 is 11.1 Å². The Kier molecular flexibility index (Phi) is 3.75. The van der Waals surface area contributed by atoms with E-state index < -0.39 is 0 Å². The Balaban J connectivity index is 1.35. The van der Waals surface area contributed by atoms with E-state index in [0.29, 0.717) is 5.96 Å². The van der Waals surface area contributed by atoms with Gasteiger partial charge in [-0.2, -0.15) is 0 Å². The number of aliphatic imine (C=N–C) groups is 1. The number of hydrogen-bond acceptors (Lipinski definition) is 1. The van der Waals surface area contributed by atoms with Gasteiger partial charge in [-0.25, -0.2) is 4.99 Å². The van der Waals surface area contributed by atoms with Crippen LogP contribution in [0.3, 0.4) is 0 Å². The molecule has 3 nitrogen and oxygen atoms in total. The van der Waals surface area contributed by atoms with Crippen molar-refractivity contribution in [3.8, 4) is 0 Å². The lowest BCUT2D eigenvalue weighted by atomic mass is 10.0. The van der Waals surface area contributed by atoms with Crippen molar-refractivity contribution in [3.05, 3.63) is 96.1 Å². The van der Waals surface area contributed by atoms with Gasteiger partial charge in [-0.1, -0.05) is 54.6 Å². The average Bonchev–Trinajstić information content (AvgIpc) is 3.20. The van der Waals surface area contributed by atoms with Crippen LogP contribution in [0.1, 0.15) is 11.1 Å². The highest BCUT2D eigenvalue weighted by Gasteiger charge is 2.17. The van der Waals surface area contributed by atoms with Crippen molar-refractivity contribution in [3.63, 3.8) is 0 Å². The quantitative estimate of drug-likeness (QED) is 0.212. The van der Waals surface area contributed by atoms with E-state index in [2.05, 4.69) is 90.2 Å². The summed E-state index contributed by atoms with van der Waals surface area (Å²) in [4.78, 5) is 4.72. The number of nitrogens with zero attached hydrogens (tertiary/aromatic N) is 1. The van der Waals surface area contributed by atoms with E-state index in [1.54, 1.807) is 0 Å². The molecule has 1 aliphatic carbocycles. The summed E-state index contributed by atoms with van der Waals surface area (Å²) in [5.74, 6) is 0.412. The van der Waals surface area contributed by atoms with Gasteiger partial charge in [-0.3, -0.25) is 0 Å². The van der Waals surface area contributed by atoms with E-state index in [1.165, 1.54) is 43.4 Å². The Morgan fingerprint density at radius 1 is 0.700 bits per heavy atom. The Morgan fingerprint density at radius 3 is 2.30 bits per heavy atom. The monoisotopic (exact) mass is 387 g/mol. The van der Waals surface area contributed by atoms with Gasteiger partial charge in [0.25, 0.3) is 0 Å². The van der Waals surface area contributed by atoms with Gasteiger partial charge in [0.2, 0.25) is 0 Å². The van der Waals surface area contributed by atoms with Gasteiger partial charge in [0.1, 0.15) is 0 Å². The topological polar surface area (TPSA) is 50.4 Å². The van der Waals surface area contributed by atoms with Crippen molar-refractivity contribution in [1.82, 2.24) is 0 Å². The number of rotatable bonds is 2. The van der Waals surface area contributed by atoms with Crippen LogP contribution in [-0.4, -0.2) is 5.96 Å². The van der Waals surface area contributed by atoms with E-state index in [0.717, 1.165) is 24.2 Å². The molecule has 1 aliphatic rings. The maximum Gasteiger partial charge on any atom is 0.198 e. The van der Waals surface area contributed by atoms with Gasteiger partial charge >= 0.3 is 0 Å². The summed E-state index contributed by atoms with van der Waals surface area (Å²) in [6, 6.07) is 29.9. The minimum Gasteiger partial charge on any atom is -0.369 e. The predicted octanol–water partition coefficient (Wildman–Crippen LogP) is 6.30. The SMILES string of the molecule is NC(=Nc1ccc2cccc3c2c1CC3)Nc1ccc2cc3ccccc3cc2c1. The normalized spacial score (nSPS) is 13.4. The van der Waals surface area contributed by atoms with E-state index in [-0.39, 0.29) is 0 Å². The second-order valence-electron chi connectivity index (χ2n) is 7.96. The van der Waals surface area contributed by atoms with Gasteiger partial charge in [0, 0.05) is 5.69 Å². The van der Waals surface area contributed by atoms with Crippen LogP contribution in [0, 0.1) is 0 Å². The van der Waals surface area contributed by atoms with Gasteiger partial charge in [-0.05, 0) is 86.6 Å². The van der Waals surface area contributed by atoms with Crippen LogP contribution in [0.15, 0.2) is 89.9 Å². The Hall–Kier alpha value is -3.85. The van der Waals surface area contributed by atoms with Crippen molar-refractivity contribution in [2.45, 2.75) is 12.8 Å². The molecule has 144 valence electrons. The molecule has 3 N–H and O–H groups in total. The molecule has 0 unspecified atom stereocenters. The first kappa shape index (κ1) is 17.0. The molecule has 0 heterocycles. The highest BCUT2D eigenvalue weighted by Crippen LogP contribution is 2.37. The summed E-state index contributed by atoms with van der Waals surface area (Å²) in [7, 11) is 0. The number of benzene rings is 5. The second kappa shape index (κ2) is 6.60. The van der Waals surface area contributed by atoms with Crippen molar-refractivity contribution in [2.75, 3.05) is 5.32 Å². The van der Waals surface area contributed by atoms with E-state index in [4.69, 9.17) is 10.7 Å². The number of fused-ring (bicyclic) bond motifs is 2. The molecule has 0 aromatic heterocycles. The van der Waals surface area contributed by atoms with Crippen molar-refractivity contribution in [1.29, 1.82) is 0 Å². The van der Waals surface area contributed by atoms with Gasteiger partial charge in [-0.15, -0.1) is 0 Å². The maximum atomic E-state index is 6.30. The fourth-order valence-electron chi connectivity index (χ4n) is 4.67. The molecule has 5 aromatic rings. The molecule has 0 fully saturated rings. The molecular weight excluding hydrogens is 366 g/mol. The number of guanidine groups is 1. The molecular formula is C27H21N3. The third-order valence-corrected chi connectivity index (χ3v) is 6.08. The molecule has 0 saturated heterocycles. The number of nitrogens with one attached hydrogen (secondary N) is 1. The van der Waals surface area contributed by atoms with Crippen molar-refractivity contribution >= 4 is 49.7 Å². The number of aryl methyl sites for hydroxylation is 2. The molecule has 0 spiro atoms. The number of nitrogens with two attached hydrogens (primary N) is 1. The fraction of sp³-hybridized carbons (Fsp3) is 0.0741. The Labute approximate surface area is 174 Å². The first-order chi connectivity index (χ1) is 14.7. The number of hydrogen-bond donors (Lipinski definition) is 2. The van der Waals surface area contributed by atoms with Gasteiger partial charge in [0.15, 0.2) is 5.96 Å². The zero-order valence-electron chi connectivity index (χ0n) is 16.5. The second-order valence-corrected chi connectivity index (χ2v) is 7.96. The average molecular weight is 387 g/mol. The highest BCUT2D eigenvalue weighted by atomic mass is 15.1. The smallest absolute Gasteiger partial charge is 0.198 e.